The molecule has 0 amide bonds. The van der Waals surface area contributed by atoms with E-state index < -0.39 is 11.7 Å². The summed E-state index contributed by atoms with van der Waals surface area (Å²) in [5.41, 5.74) is 0.409. The first-order valence-corrected chi connectivity index (χ1v) is 5.95. The van der Waals surface area contributed by atoms with Crippen LogP contribution in [0.5, 0.6) is 0 Å². The Labute approximate surface area is 99.0 Å². The third-order valence-corrected chi connectivity index (χ3v) is 3.23. The summed E-state index contributed by atoms with van der Waals surface area (Å²) in [5.74, 6) is 0. The van der Waals surface area contributed by atoms with Crippen LogP contribution >= 0.6 is 0 Å². The maximum absolute atomic E-state index is 12.3. The summed E-state index contributed by atoms with van der Waals surface area (Å²) < 4.78 is 37.0. The summed E-state index contributed by atoms with van der Waals surface area (Å²) in [6.07, 6.45) is 0.00498. The summed E-state index contributed by atoms with van der Waals surface area (Å²) in [5, 5.41) is 3.38. The van der Waals surface area contributed by atoms with Gasteiger partial charge >= 0.3 is 6.18 Å². The zero-order chi connectivity index (χ0) is 12.3. The molecule has 17 heavy (non-hydrogen) atoms. The lowest BCUT2D eigenvalue weighted by Crippen LogP contribution is -2.21. The van der Waals surface area contributed by atoms with E-state index in [1.54, 1.807) is 12.1 Å². The van der Waals surface area contributed by atoms with Gasteiger partial charge in [-0.3, -0.25) is 0 Å². The molecule has 1 N–H and O–H groups in total. The van der Waals surface area contributed by atoms with Crippen molar-refractivity contribution in [2.75, 3.05) is 6.54 Å². The molecule has 1 aromatic carbocycles. The van der Waals surface area contributed by atoms with Crippen molar-refractivity contribution in [1.82, 2.24) is 5.32 Å². The summed E-state index contributed by atoms with van der Waals surface area (Å²) in [6, 6.07) is 6.03. The lowest BCUT2D eigenvalue weighted by atomic mass is 10.0. The van der Waals surface area contributed by atoms with Crippen molar-refractivity contribution in [1.29, 1.82) is 0 Å². The predicted molar refractivity (Wildman–Crippen MR) is 60.8 cm³/mol. The Kier molecular flexibility index (Phi) is 3.72. The van der Waals surface area contributed by atoms with Crippen LogP contribution < -0.4 is 5.32 Å². The average molecular weight is 243 g/mol. The van der Waals surface area contributed by atoms with E-state index in [4.69, 9.17) is 0 Å². The Balaban J connectivity index is 1.89. The molecule has 1 heterocycles. The van der Waals surface area contributed by atoms with Crippen molar-refractivity contribution in [3.63, 3.8) is 0 Å². The minimum absolute atomic E-state index is 0.539. The van der Waals surface area contributed by atoms with Gasteiger partial charge in [-0.1, -0.05) is 12.1 Å². The third kappa shape index (κ3) is 3.46. The normalized spacial score (nSPS) is 20.8. The molecular formula is C13H16F3N. The van der Waals surface area contributed by atoms with E-state index in [9.17, 15) is 13.2 Å². The van der Waals surface area contributed by atoms with Gasteiger partial charge in [-0.05, 0) is 49.9 Å². The largest absolute Gasteiger partial charge is 0.416 e. The van der Waals surface area contributed by atoms with Crippen molar-refractivity contribution in [2.24, 2.45) is 0 Å². The lowest BCUT2D eigenvalue weighted by molar-refractivity contribution is -0.137. The fourth-order valence-electron chi connectivity index (χ4n) is 2.20. The minimum Gasteiger partial charge on any atom is -0.314 e. The molecule has 1 aliphatic heterocycles. The molecular weight excluding hydrogens is 227 g/mol. The van der Waals surface area contributed by atoms with Crippen LogP contribution in [-0.4, -0.2) is 12.6 Å². The van der Waals surface area contributed by atoms with Gasteiger partial charge in [0.2, 0.25) is 0 Å². The maximum atomic E-state index is 12.3. The number of halogens is 3. The van der Waals surface area contributed by atoms with Crippen molar-refractivity contribution >= 4 is 0 Å². The number of benzene rings is 1. The lowest BCUT2D eigenvalue weighted by Gasteiger charge is -2.11. The standard InChI is InChI=1S/C13H16F3N/c14-13(15,16)11-6-3-10(4-7-11)5-8-12-2-1-9-17-12/h3-4,6-7,12,17H,1-2,5,8-9H2/t12-/m0/s1. The molecule has 4 heteroatoms. The molecule has 0 aromatic heterocycles. The van der Waals surface area contributed by atoms with E-state index in [1.807, 2.05) is 0 Å². The van der Waals surface area contributed by atoms with E-state index in [2.05, 4.69) is 5.32 Å². The van der Waals surface area contributed by atoms with E-state index in [0.717, 1.165) is 37.1 Å². The number of hydrogen-bond donors (Lipinski definition) is 1. The topological polar surface area (TPSA) is 12.0 Å². The smallest absolute Gasteiger partial charge is 0.314 e. The fourth-order valence-corrected chi connectivity index (χ4v) is 2.20. The van der Waals surface area contributed by atoms with Gasteiger partial charge in [-0.2, -0.15) is 13.2 Å². The van der Waals surface area contributed by atoms with Crippen LogP contribution in [0.15, 0.2) is 24.3 Å². The number of hydrogen-bond acceptors (Lipinski definition) is 1. The molecule has 0 spiro atoms. The van der Waals surface area contributed by atoms with E-state index in [1.165, 1.54) is 12.8 Å². The Morgan fingerprint density at radius 2 is 1.88 bits per heavy atom. The van der Waals surface area contributed by atoms with Gasteiger partial charge < -0.3 is 5.32 Å². The highest BCUT2D eigenvalue weighted by Crippen LogP contribution is 2.29. The average Bonchev–Trinajstić information content (AvgIpc) is 2.78. The Bertz CT molecular complexity index is 350. The summed E-state index contributed by atoms with van der Waals surface area (Å²) in [7, 11) is 0. The van der Waals surface area contributed by atoms with Gasteiger partial charge in [0.15, 0.2) is 0 Å². The molecule has 0 aliphatic carbocycles. The first-order chi connectivity index (χ1) is 8.05. The van der Waals surface area contributed by atoms with Crippen molar-refractivity contribution in [2.45, 2.75) is 37.9 Å². The second-order valence-electron chi connectivity index (χ2n) is 4.53. The highest BCUT2D eigenvalue weighted by atomic mass is 19.4. The minimum atomic E-state index is -4.23. The number of nitrogens with one attached hydrogen (secondary N) is 1. The van der Waals surface area contributed by atoms with E-state index in [-0.39, 0.29) is 0 Å². The van der Waals surface area contributed by atoms with Crippen molar-refractivity contribution in [3.05, 3.63) is 35.4 Å². The Hall–Kier alpha value is -1.03. The zero-order valence-corrected chi connectivity index (χ0v) is 9.56. The molecule has 0 bridgehead atoms. The van der Waals surface area contributed by atoms with E-state index in [0.29, 0.717) is 6.04 Å². The number of aryl methyl sites for hydroxylation is 1. The number of alkyl halides is 3. The zero-order valence-electron chi connectivity index (χ0n) is 9.56. The molecule has 2 rings (SSSR count). The molecule has 1 aliphatic rings. The molecule has 1 atom stereocenters. The second kappa shape index (κ2) is 5.08. The maximum Gasteiger partial charge on any atom is 0.416 e. The fraction of sp³-hybridized carbons (Fsp3) is 0.538. The first kappa shape index (κ1) is 12.4. The van der Waals surface area contributed by atoms with Crippen LogP contribution in [0.25, 0.3) is 0 Å². The van der Waals surface area contributed by atoms with Crippen molar-refractivity contribution in [3.8, 4) is 0 Å². The van der Waals surface area contributed by atoms with Crippen LogP contribution in [0.2, 0.25) is 0 Å². The van der Waals surface area contributed by atoms with Crippen LogP contribution in [-0.2, 0) is 12.6 Å². The van der Waals surface area contributed by atoms with Gasteiger partial charge in [0.05, 0.1) is 5.56 Å². The summed E-state index contributed by atoms with van der Waals surface area (Å²) >= 11 is 0. The first-order valence-electron chi connectivity index (χ1n) is 5.95. The molecule has 1 saturated heterocycles. The van der Waals surface area contributed by atoms with Crippen LogP contribution in [0.3, 0.4) is 0 Å². The van der Waals surface area contributed by atoms with Gasteiger partial charge in [-0.25, -0.2) is 0 Å². The highest BCUT2D eigenvalue weighted by Gasteiger charge is 2.29. The van der Waals surface area contributed by atoms with Gasteiger partial charge in [0.25, 0.3) is 0 Å². The molecule has 94 valence electrons. The van der Waals surface area contributed by atoms with Gasteiger partial charge in [0.1, 0.15) is 0 Å². The molecule has 1 fully saturated rings. The summed E-state index contributed by atoms with van der Waals surface area (Å²) in [6.45, 7) is 1.07. The molecule has 0 radical (unpaired) electrons. The van der Waals surface area contributed by atoms with Crippen molar-refractivity contribution < 1.29 is 13.2 Å². The quantitative estimate of drug-likeness (QED) is 0.858. The second-order valence-corrected chi connectivity index (χ2v) is 4.53. The Morgan fingerprint density at radius 1 is 1.18 bits per heavy atom. The van der Waals surface area contributed by atoms with Gasteiger partial charge in [0, 0.05) is 6.04 Å². The molecule has 1 nitrogen and oxygen atoms in total. The highest BCUT2D eigenvalue weighted by molar-refractivity contribution is 5.24. The van der Waals surface area contributed by atoms with E-state index >= 15 is 0 Å². The molecule has 0 saturated carbocycles. The predicted octanol–water partition coefficient (Wildman–Crippen LogP) is 3.39. The molecule has 1 aromatic rings. The third-order valence-electron chi connectivity index (χ3n) is 3.23. The molecule has 0 unspecified atom stereocenters. The number of rotatable bonds is 3. The summed E-state index contributed by atoms with van der Waals surface area (Å²) in [4.78, 5) is 0. The van der Waals surface area contributed by atoms with Crippen LogP contribution in [0.4, 0.5) is 13.2 Å². The van der Waals surface area contributed by atoms with Crippen LogP contribution in [0, 0.1) is 0 Å². The van der Waals surface area contributed by atoms with Crippen LogP contribution in [0.1, 0.15) is 30.4 Å². The monoisotopic (exact) mass is 243 g/mol. The van der Waals surface area contributed by atoms with Gasteiger partial charge in [-0.15, -0.1) is 0 Å². The SMILES string of the molecule is FC(F)(F)c1ccc(CC[C@@H]2CCCN2)cc1. The Morgan fingerprint density at radius 3 is 2.41 bits per heavy atom.